The van der Waals surface area contributed by atoms with Crippen LogP contribution in [0.25, 0.3) is 0 Å². The van der Waals surface area contributed by atoms with Crippen molar-refractivity contribution in [2.75, 3.05) is 0 Å². The third-order valence-electron chi connectivity index (χ3n) is 1.64. The first-order valence-electron chi connectivity index (χ1n) is 3.70. The Hall–Kier alpha value is -1.33. The minimum absolute atomic E-state index is 0.193. The average Bonchev–Trinajstić information content (AvgIpc) is 2.40. The van der Waals surface area contributed by atoms with Crippen LogP contribution in [0.4, 0.5) is 13.2 Å². The molecule has 1 rings (SSSR count). The molecule has 0 aliphatic carbocycles. The number of rotatable bonds is 2. The number of halogens is 4. The van der Waals surface area contributed by atoms with Crippen molar-refractivity contribution in [3.63, 3.8) is 0 Å². The highest BCUT2D eigenvalue weighted by Crippen LogP contribution is 2.34. The fourth-order valence-electron chi connectivity index (χ4n) is 1.03. The maximum atomic E-state index is 12.4. The Kier molecular flexibility index (Phi) is 3.16. The number of aryl methyl sites for hydroxylation is 1. The summed E-state index contributed by atoms with van der Waals surface area (Å²) in [6, 6.07) is 0. The summed E-state index contributed by atoms with van der Waals surface area (Å²) in [5.41, 5.74) is -1.45. The van der Waals surface area contributed by atoms with E-state index in [1.165, 1.54) is 7.05 Å². The zero-order chi connectivity index (χ0) is 11.6. The Morgan fingerprint density at radius 2 is 2.20 bits per heavy atom. The zero-order valence-electron chi connectivity index (χ0n) is 7.47. The molecule has 82 valence electrons. The van der Waals surface area contributed by atoms with Crippen molar-refractivity contribution in [3.8, 4) is 0 Å². The van der Waals surface area contributed by atoms with Gasteiger partial charge in [0.2, 0.25) is 6.08 Å². The van der Waals surface area contributed by atoms with E-state index in [-0.39, 0.29) is 10.7 Å². The molecule has 0 amide bonds. The second-order valence-corrected chi connectivity index (χ2v) is 3.00. The summed E-state index contributed by atoms with van der Waals surface area (Å²) in [5, 5.41) is 3.01. The van der Waals surface area contributed by atoms with E-state index in [2.05, 4.69) is 10.1 Å². The summed E-state index contributed by atoms with van der Waals surface area (Å²) < 4.78 is 38.1. The number of aromatic nitrogens is 2. The van der Waals surface area contributed by atoms with Gasteiger partial charge in [0.1, 0.15) is 5.15 Å². The standard InChI is InChI=1S/C7H5ClF3N3O/c1-14-6(8)4(2-12-3-15)5(13-14)7(9,10)11/h2H2,1H3. The molecular weight excluding hydrogens is 235 g/mol. The number of hydrogen-bond acceptors (Lipinski definition) is 3. The summed E-state index contributed by atoms with van der Waals surface area (Å²) in [7, 11) is 1.27. The maximum Gasteiger partial charge on any atom is 0.435 e. The lowest BCUT2D eigenvalue weighted by Gasteiger charge is -2.03. The number of hydrogen-bond donors (Lipinski definition) is 0. The number of aliphatic imine (C=N–C) groups is 1. The van der Waals surface area contributed by atoms with Crippen LogP contribution in [0.15, 0.2) is 4.99 Å². The molecule has 0 unspecified atom stereocenters. The van der Waals surface area contributed by atoms with Crippen molar-refractivity contribution in [3.05, 3.63) is 16.4 Å². The van der Waals surface area contributed by atoms with Crippen molar-refractivity contribution < 1.29 is 18.0 Å². The van der Waals surface area contributed by atoms with Gasteiger partial charge in [-0.05, 0) is 0 Å². The Balaban J connectivity index is 3.26. The Morgan fingerprint density at radius 3 is 2.67 bits per heavy atom. The van der Waals surface area contributed by atoms with E-state index in [0.717, 1.165) is 10.8 Å². The number of carbonyl (C=O) groups excluding carboxylic acids is 1. The molecule has 0 aliphatic heterocycles. The van der Waals surface area contributed by atoms with Gasteiger partial charge in [0, 0.05) is 12.6 Å². The topological polar surface area (TPSA) is 47.2 Å². The van der Waals surface area contributed by atoms with Crippen molar-refractivity contribution in [2.24, 2.45) is 12.0 Å². The van der Waals surface area contributed by atoms with Gasteiger partial charge in [-0.1, -0.05) is 11.6 Å². The fourth-order valence-corrected chi connectivity index (χ4v) is 1.21. The van der Waals surface area contributed by atoms with Crippen LogP contribution in [-0.4, -0.2) is 15.9 Å². The van der Waals surface area contributed by atoms with Crippen LogP contribution < -0.4 is 0 Å². The summed E-state index contributed by atoms with van der Waals surface area (Å²) in [5.74, 6) is 0. The van der Waals surface area contributed by atoms with Crippen molar-refractivity contribution in [1.82, 2.24) is 9.78 Å². The van der Waals surface area contributed by atoms with Crippen molar-refractivity contribution >= 4 is 17.7 Å². The molecule has 0 fully saturated rings. The van der Waals surface area contributed by atoms with Gasteiger partial charge >= 0.3 is 6.18 Å². The van der Waals surface area contributed by atoms with Crippen LogP contribution in [0, 0.1) is 0 Å². The third-order valence-corrected chi connectivity index (χ3v) is 2.11. The molecular formula is C7H5ClF3N3O. The molecule has 0 radical (unpaired) electrons. The van der Waals surface area contributed by atoms with E-state index in [1.807, 2.05) is 0 Å². The van der Waals surface area contributed by atoms with Gasteiger partial charge in [0.25, 0.3) is 0 Å². The highest BCUT2D eigenvalue weighted by atomic mass is 35.5. The van der Waals surface area contributed by atoms with Crippen molar-refractivity contribution in [2.45, 2.75) is 12.7 Å². The zero-order valence-corrected chi connectivity index (χ0v) is 8.22. The molecule has 0 atom stereocenters. The lowest BCUT2D eigenvalue weighted by atomic mass is 10.2. The van der Waals surface area contributed by atoms with Gasteiger partial charge in [-0.25, -0.2) is 9.79 Å². The Morgan fingerprint density at radius 1 is 1.60 bits per heavy atom. The third kappa shape index (κ3) is 2.37. The summed E-state index contributed by atoms with van der Waals surface area (Å²) in [6.07, 6.45) is -3.47. The van der Waals surface area contributed by atoms with Crippen LogP contribution in [-0.2, 0) is 24.6 Å². The number of isocyanates is 1. The lowest BCUT2D eigenvalue weighted by molar-refractivity contribution is -0.142. The minimum Gasteiger partial charge on any atom is -0.256 e. The highest BCUT2D eigenvalue weighted by molar-refractivity contribution is 6.30. The van der Waals surface area contributed by atoms with Crippen LogP contribution in [0.2, 0.25) is 5.15 Å². The van der Waals surface area contributed by atoms with Gasteiger partial charge in [0.15, 0.2) is 5.69 Å². The van der Waals surface area contributed by atoms with E-state index in [1.54, 1.807) is 0 Å². The van der Waals surface area contributed by atoms with E-state index in [0.29, 0.717) is 0 Å². The summed E-state index contributed by atoms with van der Waals surface area (Å²) >= 11 is 5.57. The highest BCUT2D eigenvalue weighted by Gasteiger charge is 2.38. The number of nitrogens with zero attached hydrogens (tertiary/aromatic N) is 3. The van der Waals surface area contributed by atoms with Gasteiger partial charge < -0.3 is 0 Å². The first-order valence-corrected chi connectivity index (χ1v) is 4.08. The Labute approximate surface area is 87.4 Å². The quantitative estimate of drug-likeness (QED) is 0.585. The van der Waals surface area contributed by atoms with E-state index < -0.39 is 18.4 Å². The molecule has 1 aromatic heterocycles. The fraction of sp³-hybridized carbons (Fsp3) is 0.429. The van der Waals surface area contributed by atoms with E-state index in [4.69, 9.17) is 11.6 Å². The summed E-state index contributed by atoms with van der Waals surface area (Å²) in [4.78, 5) is 12.9. The van der Waals surface area contributed by atoms with Gasteiger partial charge in [-0.3, -0.25) is 4.68 Å². The lowest BCUT2D eigenvalue weighted by Crippen LogP contribution is -2.09. The maximum absolute atomic E-state index is 12.4. The first kappa shape index (κ1) is 11.7. The van der Waals surface area contributed by atoms with Crippen LogP contribution in [0.1, 0.15) is 11.3 Å². The van der Waals surface area contributed by atoms with E-state index in [9.17, 15) is 18.0 Å². The van der Waals surface area contributed by atoms with Crippen molar-refractivity contribution in [1.29, 1.82) is 0 Å². The van der Waals surface area contributed by atoms with Gasteiger partial charge in [0.05, 0.1) is 6.54 Å². The van der Waals surface area contributed by atoms with E-state index >= 15 is 0 Å². The Bertz CT molecular complexity index is 420. The molecule has 1 heterocycles. The molecule has 0 aliphatic rings. The number of alkyl halides is 3. The predicted octanol–water partition coefficient (Wildman–Crippen LogP) is 1.93. The smallest absolute Gasteiger partial charge is 0.256 e. The van der Waals surface area contributed by atoms with Crippen LogP contribution in [0.5, 0.6) is 0 Å². The predicted molar refractivity (Wildman–Crippen MR) is 45.0 cm³/mol. The molecule has 15 heavy (non-hydrogen) atoms. The first-order chi connectivity index (χ1) is 6.88. The molecule has 4 nitrogen and oxygen atoms in total. The largest absolute Gasteiger partial charge is 0.435 e. The molecule has 0 saturated carbocycles. The molecule has 0 spiro atoms. The van der Waals surface area contributed by atoms with Gasteiger partial charge in [-0.2, -0.15) is 18.3 Å². The molecule has 0 N–H and O–H groups in total. The molecule has 0 aromatic carbocycles. The second-order valence-electron chi connectivity index (χ2n) is 2.65. The average molecular weight is 240 g/mol. The molecule has 8 heteroatoms. The molecule has 0 saturated heterocycles. The minimum atomic E-state index is -4.61. The normalized spacial score (nSPS) is 11.3. The SMILES string of the molecule is Cn1nc(C(F)(F)F)c(CN=C=O)c1Cl. The molecule has 0 bridgehead atoms. The molecule has 1 aromatic rings. The monoisotopic (exact) mass is 239 g/mol. The van der Waals surface area contributed by atoms with Gasteiger partial charge in [-0.15, -0.1) is 0 Å². The van der Waals surface area contributed by atoms with Crippen LogP contribution >= 0.6 is 11.6 Å². The van der Waals surface area contributed by atoms with Crippen LogP contribution in [0.3, 0.4) is 0 Å². The summed E-state index contributed by atoms with van der Waals surface area (Å²) in [6.45, 7) is -0.481. The second kappa shape index (κ2) is 4.04.